The zero-order valence-electron chi connectivity index (χ0n) is 11.1. The van der Waals surface area contributed by atoms with Crippen LogP contribution in [0.2, 0.25) is 5.02 Å². The average Bonchev–Trinajstić information content (AvgIpc) is 2.90. The van der Waals surface area contributed by atoms with Crippen LogP contribution in [0.25, 0.3) is 11.5 Å². The third kappa shape index (κ3) is 3.69. The Morgan fingerprint density at radius 3 is 2.95 bits per heavy atom. The van der Waals surface area contributed by atoms with E-state index in [2.05, 4.69) is 10.1 Å². The Hall–Kier alpha value is -1.63. The van der Waals surface area contributed by atoms with Crippen LogP contribution in [0, 0.1) is 0 Å². The molecular weight excluding hydrogens is 282 g/mol. The van der Waals surface area contributed by atoms with Crippen molar-refractivity contribution in [1.29, 1.82) is 0 Å². The molecule has 0 radical (unpaired) electrons. The number of para-hydroxylation sites is 1. The number of nitrogen functional groups attached to an aromatic ring is 1. The van der Waals surface area contributed by atoms with E-state index in [1.54, 1.807) is 25.3 Å². The lowest BCUT2D eigenvalue weighted by molar-refractivity contribution is 0.0714. The second-order valence-electron chi connectivity index (χ2n) is 4.07. The molecule has 108 valence electrons. The lowest BCUT2D eigenvalue weighted by Gasteiger charge is -2.01. The maximum absolute atomic E-state index is 5.96. The highest BCUT2D eigenvalue weighted by Gasteiger charge is 2.13. The van der Waals surface area contributed by atoms with E-state index in [-0.39, 0.29) is 0 Å². The first-order chi connectivity index (χ1) is 9.72. The molecule has 0 spiro atoms. The van der Waals surface area contributed by atoms with Gasteiger partial charge in [-0.2, -0.15) is 4.98 Å². The van der Waals surface area contributed by atoms with Gasteiger partial charge >= 0.3 is 0 Å². The van der Waals surface area contributed by atoms with Crippen molar-refractivity contribution in [3.05, 3.63) is 29.0 Å². The van der Waals surface area contributed by atoms with Crippen LogP contribution in [0.15, 0.2) is 22.7 Å². The average molecular weight is 298 g/mol. The number of halogens is 1. The molecule has 0 aliphatic carbocycles. The van der Waals surface area contributed by atoms with E-state index in [0.29, 0.717) is 54.2 Å². The largest absolute Gasteiger partial charge is 0.397 e. The molecule has 0 atom stereocenters. The second kappa shape index (κ2) is 7.23. The monoisotopic (exact) mass is 297 g/mol. The lowest BCUT2D eigenvalue weighted by atomic mass is 10.2. The van der Waals surface area contributed by atoms with Gasteiger partial charge < -0.3 is 19.7 Å². The Balaban J connectivity index is 1.97. The van der Waals surface area contributed by atoms with Crippen LogP contribution in [0.1, 0.15) is 5.82 Å². The Morgan fingerprint density at radius 2 is 2.15 bits per heavy atom. The summed E-state index contributed by atoms with van der Waals surface area (Å²) < 4.78 is 15.4. The number of nitrogens with zero attached hydrogens (tertiary/aromatic N) is 2. The minimum atomic E-state index is 0.358. The standard InChI is InChI=1S/C13H16ClN3O3/c1-18-7-8-19-6-5-11-16-13(20-17-11)9-3-2-4-10(14)12(9)15/h2-4H,5-8,15H2,1H3. The number of hydrogen-bond acceptors (Lipinski definition) is 6. The minimum absolute atomic E-state index is 0.358. The molecule has 1 aromatic carbocycles. The molecule has 0 unspecified atom stereocenters. The molecule has 7 heteroatoms. The molecule has 2 rings (SSSR count). The molecule has 2 N–H and O–H groups in total. The van der Waals surface area contributed by atoms with Crippen LogP contribution in [0.4, 0.5) is 5.69 Å². The van der Waals surface area contributed by atoms with E-state index in [1.807, 2.05) is 0 Å². The van der Waals surface area contributed by atoms with Crippen molar-refractivity contribution in [2.45, 2.75) is 6.42 Å². The third-order valence-corrected chi connectivity index (χ3v) is 2.98. The van der Waals surface area contributed by atoms with Crippen molar-refractivity contribution in [3.63, 3.8) is 0 Å². The van der Waals surface area contributed by atoms with E-state index in [9.17, 15) is 0 Å². The molecule has 0 amide bonds. The minimum Gasteiger partial charge on any atom is -0.397 e. The van der Waals surface area contributed by atoms with Gasteiger partial charge in [-0.3, -0.25) is 0 Å². The van der Waals surface area contributed by atoms with Gasteiger partial charge in [0.05, 0.1) is 36.1 Å². The van der Waals surface area contributed by atoms with Gasteiger partial charge in [-0.15, -0.1) is 0 Å². The smallest absolute Gasteiger partial charge is 0.260 e. The van der Waals surface area contributed by atoms with Crippen molar-refractivity contribution in [1.82, 2.24) is 10.1 Å². The van der Waals surface area contributed by atoms with Gasteiger partial charge in [0.15, 0.2) is 5.82 Å². The first-order valence-electron chi connectivity index (χ1n) is 6.16. The highest BCUT2D eigenvalue weighted by atomic mass is 35.5. The summed E-state index contributed by atoms with van der Waals surface area (Å²) in [4.78, 5) is 4.27. The SMILES string of the molecule is COCCOCCc1noc(-c2cccc(Cl)c2N)n1. The molecule has 0 saturated heterocycles. The third-order valence-electron chi connectivity index (χ3n) is 2.65. The predicted molar refractivity (Wildman–Crippen MR) is 75.6 cm³/mol. The molecule has 20 heavy (non-hydrogen) atoms. The fourth-order valence-electron chi connectivity index (χ4n) is 1.60. The quantitative estimate of drug-likeness (QED) is 0.623. The number of hydrogen-bond donors (Lipinski definition) is 1. The van der Waals surface area contributed by atoms with Gasteiger partial charge in [-0.1, -0.05) is 22.8 Å². The van der Waals surface area contributed by atoms with E-state index in [0.717, 1.165) is 0 Å². The van der Waals surface area contributed by atoms with Gasteiger partial charge in [0.2, 0.25) is 0 Å². The molecular formula is C13H16ClN3O3. The predicted octanol–water partition coefficient (Wildman–Crippen LogP) is 2.18. The number of nitrogens with two attached hydrogens (primary N) is 1. The summed E-state index contributed by atoms with van der Waals surface area (Å²) >= 11 is 5.96. The van der Waals surface area contributed by atoms with E-state index >= 15 is 0 Å². The van der Waals surface area contributed by atoms with Crippen LogP contribution < -0.4 is 5.73 Å². The Kier molecular flexibility index (Phi) is 5.34. The van der Waals surface area contributed by atoms with Gasteiger partial charge in [0, 0.05) is 13.5 Å². The first-order valence-corrected chi connectivity index (χ1v) is 6.53. The Morgan fingerprint density at radius 1 is 1.30 bits per heavy atom. The van der Waals surface area contributed by atoms with Gasteiger partial charge in [0.25, 0.3) is 5.89 Å². The van der Waals surface area contributed by atoms with E-state index in [4.69, 9.17) is 31.3 Å². The summed E-state index contributed by atoms with van der Waals surface area (Å²) in [5, 5.41) is 4.35. The number of ether oxygens (including phenoxy) is 2. The van der Waals surface area contributed by atoms with Crippen molar-refractivity contribution in [2.24, 2.45) is 0 Å². The molecule has 0 bridgehead atoms. The molecule has 1 heterocycles. The summed E-state index contributed by atoms with van der Waals surface area (Å²) in [5.41, 5.74) is 6.95. The number of benzene rings is 1. The zero-order valence-corrected chi connectivity index (χ0v) is 11.9. The Bertz CT molecular complexity index is 560. The highest BCUT2D eigenvalue weighted by Crippen LogP contribution is 2.30. The van der Waals surface area contributed by atoms with Gasteiger partial charge in [-0.05, 0) is 12.1 Å². The molecule has 0 saturated carbocycles. The van der Waals surface area contributed by atoms with Crippen LogP contribution in [-0.2, 0) is 15.9 Å². The van der Waals surface area contributed by atoms with Crippen molar-refractivity contribution >= 4 is 17.3 Å². The number of aromatic nitrogens is 2. The summed E-state index contributed by atoms with van der Waals surface area (Å²) in [6.45, 7) is 1.62. The van der Waals surface area contributed by atoms with Gasteiger partial charge in [-0.25, -0.2) is 0 Å². The molecule has 0 aliphatic heterocycles. The lowest BCUT2D eigenvalue weighted by Crippen LogP contribution is -2.05. The fraction of sp³-hybridized carbons (Fsp3) is 0.385. The molecule has 6 nitrogen and oxygen atoms in total. The van der Waals surface area contributed by atoms with Crippen LogP contribution in [0.3, 0.4) is 0 Å². The van der Waals surface area contributed by atoms with E-state index in [1.165, 1.54) is 0 Å². The number of methoxy groups -OCH3 is 1. The molecule has 0 aliphatic rings. The number of anilines is 1. The van der Waals surface area contributed by atoms with Gasteiger partial charge in [0.1, 0.15) is 0 Å². The van der Waals surface area contributed by atoms with Crippen LogP contribution in [-0.4, -0.2) is 37.1 Å². The topological polar surface area (TPSA) is 83.4 Å². The van der Waals surface area contributed by atoms with Crippen LogP contribution in [0.5, 0.6) is 0 Å². The summed E-state index contributed by atoms with van der Waals surface area (Å²) in [7, 11) is 1.63. The first kappa shape index (κ1) is 14.8. The number of rotatable bonds is 7. The van der Waals surface area contributed by atoms with Crippen molar-refractivity contribution in [2.75, 3.05) is 32.7 Å². The summed E-state index contributed by atoms with van der Waals surface area (Å²) in [6, 6.07) is 5.28. The molecule has 1 aromatic heterocycles. The fourth-order valence-corrected chi connectivity index (χ4v) is 1.77. The highest BCUT2D eigenvalue weighted by molar-refractivity contribution is 6.33. The normalized spacial score (nSPS) is 10.9. The summed E-state index contributed by atoms with van der Waals surface area (Å²) in [6.07, 6.45) is 0.563. The zero-order chi connectivity index (χ0) is 14.4. The van der Waals surface area contributed by atoms with Crippen LogP contribution >= 0.6 is 11.6 Å². The summed E-state index contributed by atoms with van der Waals surface area (Å²) in [5.74, 6) is 0.925. The molecule has 2 aromatic rings. The maximum atomic E-state index is 5.96. The van der Waals surface area contributed by atoms with Crippen molar-refractivity contribution < 1.29 is 14.0 Å². The Labute approximate surface area is 121 Å². The van der Waals surface area contributed by atoms with Crippen molar-refractivity contribution in [3.8, 4) is 11.5 Å². The second-order valence-corrected chi connectivity index (χ2v) is 4.48. The maximum Gasteiger partial charge on any atom is 0.260 e. The van der Waals surface area contributed by atoms with E-state index < -0.39 is 0 Å². The molecule has 0 fully saturated rings.